The average Bonchev–Trinajstić information content (AvgIpc) is 2.42. The minimum absolute atomic E-state index is 0. The molecule has 2 heteroatoms. The van der Waals surface area contributed by atoms with Gasteiger partial charge >= 0.3 is 0 Å². The SMILES string of the molecule is CC.CCC.CCCc1cccc(O[C@@H](C)CN)c1.[HH]. The van der Waals surface area contributed by atoms with E-state index in [1.165, 1.54) is 12.0 Å². The lowest BCUT2D eigenvalue weighted by Crippen LogP contribution is -2.22. The number of aryl methyl sites for hydroxylation is 1. The standard InChI is InChI=1S/C12H19NO.C3H8.C2H6.H2/c1-3-5-11-6-4-7-12(8-11)14-10(2)9-13;1-3-2;1-2;/h4,6-8,10H,3,5,9,13H2,1-2H3;3H2,1-2H3;1-2H3;1H/t10-;;;/m0.../s1. The van der Waals surface area contributed by atoms with E-state index in [4.69, 9.17) is 10.5 Å². The minimum atomic E-state index is 0. The van der Waals surface area contributed by atoms with E-state index in [2.05, 4.69) is 32.9 Å². The molecule has 2 N–H and O–H groups in total. The van der Waals surface area contributed by atoms with E-state index in [1.807, 2.05) is 32.9 Å². The Morgan fingerprint density at radius 1 is 1.21 bits per heavy atom. The highest BCUT2D eigenvalue weighted by Crippen LogP contribution is 2.15. The van der Waals surface area contributed by atoms with Crippen LogP contribution in [0.4, 0.5) is 0 Å². The van der Waals surface area contributed by atoms with Crippen molar-refractivity contribution in [1.29, 1.82) is 0 Å². The van der Waals surface area contributed by atoms with E-state index < -0.39 is 0 Å². The van der Waals surface area contributed by atoms with Crippen LogP contribution in [0.2, 0.25) is 0 Å². The average molecular weight is 269 g/mol. The third-order valence-corrected chi connectivity index (χ3v) is 2.11. The molecule has 1 atom stereocenters. The lowest BCUT2D eigenvalue weighted by Gasteiger charge is -2.13. The summed E-state index contributed by atoms with van der Waals surface area (Å²) in [5.74, 6) is 0.925. The van der Waals surface area contributed by atoms with Gasteiger partial charge in [-0.25, -0.2) is 0 Å². The molecule has 0 heterocycles. The van der Waals surface area contributed by atoms with Crippen LogP contribution in [-0.4, -0.2) is 12.6 Å². The zero-order valence-electron chi connectivity index (χ0n) is 13.7. The highest BCUT2D eigenvalue weighted by Gasteiger charge is 2.01. The third-order valence-electron chi connectivity index (χ3n) is 2.11. The molecule has 1 rings (SSSR count). The van der Waals surface area contributed by atoms with Crippen LogP contribution in [-0.2, 0) is 6.42 Å². The Hall–Kier alpha value is -1.02. The molecule has 0 bridgehead atoms. The number of hydrogen-bond donors (Lipinski definition) is 1. The Labute approximate surface area is 121 Å². The van der Waals surface area contributed by atoms with E-state index in [0.717, 1.165) is 18.6 Å². The second-order valence-electron chi connectivity index (χ2n) is 4.27. The Morgan fingerprint density at radius 3 is 2.26 bits per heavy atom. The van der Waals surface area contributed by atoms with Gasteiger partial charge in [-0.15, -0.1) is 0 Å². The van der Waals surface area contributed by atoms with Gasteiger partial charge < -0.3 is 10.5 Å². The predicted molar refractivity (Wildman–Crippen MR) is 89.0 cm³/mol. The summed E-state index contributed by atoms with van der Waals surface area (Å²) in [4.78, 5) is 0. The Kier molecular flexibility index (Phi) is 16.1. The summed E-state index contributed by atoms with van der Waals surface area (Å²) in [6.45, 7) is 13.0. The van der Waals surface area contributed by atoms with Gasteiger partial charge in [0, 0.05) is 7.97 Å². The molecule has 0 aliphatic carbocycles. The maximum absolute atomic E-state index is 5.63. The van der Waals surface area contributed by atoms with Gasteiger partial charge in [0.2, 0.25) is 0 Å². The van der Waals surface area contributed by atoms with Crippen molar-refractivity contribution in [3.8, 4) is 5.75 Å². The molecular weight excluding hydrogens is 234 g/mol. The van der Waals surface area contributed by atoms with Crippen LogP contribution < -0.4 is 10.5 Å². The fourth-order valence-corrected chi connectivity index (χ4v) is 1.34. The molecule has 0 fully saturated rings. The number of ether oxygens (including phenoxy) is 1. The molecule has 0 aromatic heterocycles. The molecule has 0 spiro atoms. The maximum Gasteiger partial charge on any atom is 0.120 e. The minimum Gasteiger partial charge on any atom is -0.489 e. The summed E-state index contributed by atoms with van der Waals surface area (Å²) in [6, 6.07) is 8.23. The van der Waals surface area contributed by atoms with Crippen molar-refractivity contribution in [2.45, 2.75) is 66.9 Å². The van der Waals surface area contributed by atoms with Gasteiger partial charge in [0.15, 0.2) is 0 Å². The van der Waals surface area contributed by atoms with Gasteiger partial charge in [-0.1, -0.05) is 59.6 Å². The molecule has 0 aliphatic heterocycles. The van der Waals surface area contributed by atoms with E-state index >= 15 is 0 Å². The van der Waals surface area contributed by atoms with Crippen molar-refractivity contribution >= 4 is 0 Å². The lowest BCUT2D eigenvalue weighted by atomic mass is 10.1. The first-order valence-electron chi connectivity index (χ1n) is 7.63. The van der Waals surface area contributed by atoms with Crippen molar-refractivity contribution in [3.63, 3.8) is 0 Å². The molecule has 0 radical (unpaired) electrons. The molecule has 114 valence electrons. The van der Waals surface area contributed by atoms with E-state index in [1.54, 1.807) is 0 Å². The van der Waals surface area contributed by atoms with Crippen LogP contribution >= 0.6 is 0 Å². The van der Waals surface area contributed by atoms with Gasteiger partial charge in [-0.05, 0) is 31.0 Å². The second kappa shape index (κ2) is 15.0. The fourth-order valence-electron chi connectivity index (χ4n) is 1.34. The summed E-state index contributed by atoms with van der Waals surface area (Å²) < 4.78 is 5.63. The Balaban J connectivity index is -0.000000426. The van der Waals surface area contributed by atoms with Gasteiger partial charge in [0.25, 0.3) is 0 Å². The predicted octanol–water partition coefficient (Wildman–Crippen LogP) is 5.05. The number of benzene rings is 1. The number of nitrogens with two attached hydrogens (primary N) is 1. The first-order chi connectivity index (χ1) is 9.17. The zero-order chi connectivity index (χ0) is 15.1. The smallest absolute Gasteiger partial charge is 0.120 e. The summed E-state index contributed by atoms with van der Waals surface area (Å²) >= 11 is 0. The molecule has 0 amide bonds. The molecule has 0 aliphatic rings. The monoisotopic (exact) mass is 269 g/mol. The second-order valence-corrected chi connectivity index (χ2v) is 4.27. The van der Waals surface area contributed by atoms with Crippen LogP contribution in [0.1, 0.15) is 61.4 Å². The van der Waals surface area contributed by atoms with Crippen LogP contribution in [0, 0.1) is 0 Å². The summed E-state index contributed by atoms with van der Waals surface area (Å²) in [5.41, 5.74) is 6.82. The Bertz CT molecular complexity index is 292. The quantitative estimate of drug-likeness (QED) is 0.811. The third kappa shape index (κ3) is 11.8. The van der Waals surface area contributed by atoms with Gasteiger partial charge in [-0.3, -0.25) is 0 Å². The van der Waals surface area contributed by atoms with Crippen LogP contribution in [0.5, 0.6) is 5.75 Å². The molecule has 1 aromatic rings. The van der Waals surface area contributed by atoms with Gasteiger partial charge in [-0.2, -0.15) is 0 Å². The highest BCUT2D eigenvalue weighted by atomic mass is 16.5. The van der Waals surface area contributed by atoms with Crippen LogP contribution in [0.3, 0.4) is 0 Å². The van der Waals surface area contributed by atoms with E-state index in [9.17, 15) is 0 Å². The van der Waals surface area contributed by atoms with Crippen LogP contribution in [0.15, 0.2) is 24.3 Å². The normalized spacial score (nSPS) is 10.5. The van der Waals surface area contributed by atoms with Crippen molar-refractivity contribution in [3.05, 3.63) is 29.8 Å². The summed E-state index contributed by atoms with van der Waals surface area (Å²) in [5, 5.41) is 0. The molecular formula is C17H35NO. The largest absolute Gasteiger partial charge is 0.489 e. The highest BCUT2D eigenvalue weighted by molar-refractivity contribution is 5.28. The topological polar surface area (TPSA) is 35.2 Å². The number of hydrogen-bond acceptors (Lipinski definition) is 2. The zero-order valence-corrected chi connectivity index (χ0v) is 13.7. The van der Waals surface area contributed by atoms with E-state index in [0.29, 0.717) is 6.54 Å². The fraction of sp³-hybridized carbons (Fsp3) is 0.647. The van der Waals surface area contributed by atoms with Crippen molar-refractivity contribution in [2.75, 3.05) is 6.54 Å². The molecule has 1 aromatic carbocycles. The summed E-state index contributed by atoms with van der Waals surface area (Å²) in [6.07, 6.45) is 3.61. The molecule has 0 saturated carbocycles. The number of rotatable bonds is 5. The van der Waals surface area contributed by atoms with Gasteiger partial charge in [0.05, 0.1) is 0 Å². The van der Waals surface area contributed by atoms with Crippen molar-refractivity contribution in [2.24, 2.45) is 5.73 Å². The van der Waals surface area contributed by atoms with Crippen molar-refractivity contribution < 1.29 is 6.16 Å². The molecule has 19 heavy (non-hydrogen) atoms. The summed E-state index contributed by atoms with van der Waals surface area (Å²) in [7, 11) is 0. The molecule has 0 unspecified atom stereocenters. The van der Waals surface area contributed by atoms with E-state index in [-0.39, 0.29) is 7.53 Å². The molecule has 2 nitrogen and oxygen atoms in total. The van der Waals surface area contributed by atoms with Gasteiger partial charge in [0.1, 0.15) is 11.9 Å². The first-order valence-corrected chi connectivity index (χ1v) is 7.63. The van der Waals surface area contributed by atoms with Crippen LogP contribution in [0.25, 0.3) is 0 Å². The maximum atomic E-state index is 5.63. The first kappa shape index (κ1) is 20.3. The molecule has 0 saturated heterocycles. The Morgan fingerprint density at radius 2 is 1.79 bits per heavy atom. The lowest BCUT2D eigenvalue weighted by molar-refractivity contribution is 0.229. The van der Waals surface area contributed by atoms with Crippen molar-refractivity contribution in [1.82, 2.24) is 0 Å².